The smallest absolute Gasteiger partial charge is 0.252 e. The minimum Gasteiger partial charge on any atom is -0.294 e. The van der Waals surface area contributed by atoms with Crippen LogP contribution >= 0.6 is 0 Å². The number of benzene rings is 1. The van der Waals surface area contributed by atoms with Crippen LogP contribution in [0.1, 0.15) is 52.3 Å². The van der Waals surface area contributed by atoms with Gasteiger partial charge in [-0.2, -0.15) is 4.98 Å². The van der Waals surface area contributed by atoms with E-state index in [0.29, 0.717) is 17.8 Å². The Morgan fingerprint density at radius 2 is 1.96 bits per heavy atom. The lowest BCUT2D eigenvalue weighted by Crippen LogP contribution is -2.21. The molecular formula is C18H18N4O. The highest BCUT2D eigenvalue weighted by atomic mass is 16.1. The number of fused-ring (bicyclic) bond motifs is 2. The third-order valence-corrected chi connectivity index (χ3v) is 4.49. The summed E-state index contributed by atoms with van der Waals surface area (Å²) in [5, 5.41) is 4.35. The van der Waals surface area contributed by atoms with Crippen LogP contribution in [-0.2, 0) is 12.8 Å². The molecule has 4 rings (SSSR count). The van der Waals surface area contributed by atoms with Crippen molar-refractivity contribution in [1.29, 1.82) is 0 Å². The number of carbonyl (C=O) groups is 1. The van der Waals surface area contributed by atoms with Gasteiger partial charge in [-0.3, -0.25) is 4.79 Å². The fourth-order valence-electron chi connectivity index (χ4n) is 3.15. The van der Waals surface area contributed by atoms with Gasteiger partial charge in [-0.1, -0.05) is 36.8 Å². The van der Waals surface area contributed by atoms with Crippen LogP contribution in [0.3, 0.4) is 0 Å². The maximum Gasteiger partial charge on any atom is 0.252 e. The summed E-state index contributed by atoms with van der Waals surface area (Å²) in [6, 6.07) is 8.42. The van der Waals surface area contributed by atoms with Gasteiger partial charge in [-0.25, -0.2) is 9.50 Å². The molecule has 23 heavy (non-hydrogen) atoms. The van der Waals surface area contributed by atoms with Crippen LogP contribution in [0.15, 0.2) is 30.5 Å². The van der Waals surface area contributed by atoms with Crippen LogP contribution in [0, 0.1) is 6.92 Å². The second kappa shape index (κ2) is 5.26. The number of hydrogen-bond acceptors (Lipinski definition) is 4. The molecular weight excluding hydrogens is 288 g/mol. The van der Waals surface area contributed by atoms with Crippen LogP contribution in [0.4, 0.5) is 0 Å². The van der Waals surface area contributed by atoms with Crippen molar-refractivity contribution in [2.75, 3.05) is 0 Å². The molecule has 1 aromatic carbocycles. The zero-order chi connectivity index (χ0) is 16.0. The van der Waals surface area contributed by atoms with Gasteiger partial charge in [0.1, 0.15) is 0 Å². The van der Waals surface area contributed by atoms with Crippen molar-refractivity contribution in [3.8, 4) is 0 Å². The van der Waals surface area contributed by atoms with Gasteiger partial charge >= 0.3 is 0 Å². The van der Waals surface area contributed by atoms with Crippen molar-refractivity contribution in [2.45, 2.75) is 39.0 Å². The van der Waals surface area contributed by atoms with Gasteiger partial charge in [0.05, 0.1) is 11.3 Å². The number of Topliss-reactive ketones (excluding diaryl/α,β-unsaturated/α-hetero) is 1. The summed E-state index contributed by atoms with van der Waals surface area (Å²) in [6.45, 7) is 4.08. The zero-order valence-corrected chi connectivity index (χ0v) is 13.3. The van der Waals surface area contributed by atoms with E-state index < -0.39 is 0 Å². The van der Waals surface area contributed by atoms with Gasteiger partial charge in [-0.15, -0.1) is 5.10 Å². The Morgan fingerprint density at radius 1 is 1.17 bits per heavy atom. The normalized spacial score (nSPS) is 17.5. The molecule has 1 aliphatic rings. The van der Waals surface area contributed by atoms with Gasteiger partial charge in [0.15, 0.2) is 11.6 Å². The minimum absolute atomic E-state index is 0.139. The maximum atomic E-state index is 12.6. The summed E-state index contributed by atoms with van der Waals surface area (Å²) in [4.78, 5) is 21.6. The second-order valence-electron chi connectivity index (χ2n) is 6.17. The zero-order valence-electron chi connectivity index (χ0n) is 13.3. The quantitative estimate of drug-likeness (QED) is 0.730. The van der Waals surface area contributed by atoms with Crippen molar-refractivity contribution >= 4 is 11.6 Å². The van der Waals surface area contributed by atoms with Crippen LogP contribution in [0.5, 0.6) is 0 Å². The predicted octanol–water partition coefficient (Wildman–Crippen LogP) is 2.91. The molecule has 1 atom stereocenters. The van der Waals surface area contributed by atoms with E-state index in [-0.39, 0.29) is 11.7 Å². The summed E-state index contributed by atoms with van der Waals surface area (Å²) in [5.74, 6) is 1.67. The van der Waals surface area contributed by atoms with E-state index in [4.69, 9.17) is 0 Å². The van der Waals surface area contributed by atoms with Crippen LogP contribution < -0.4 is 0 Å². The second-order valence-corrected chi connectivity index (χ2v) is 6.17. The van der Waals surface area contributed by atoms with Gasteiger partial charge in [0, 0.05) is 19.0 Å². The Morgan fingerprint density at radius 3 is 2.70 bits per heavy atom. The maximum absolute atomic E-state index is 12.6. The topological polar surface area (TPSA) is 60.1 Å². The molecule has 1 aliphatic carbocycles. The lowest BCUT2D eigenvalue weighted by molar-refractivity contribution is 0.0962. The van der Waals surface area contributed by atoms with Gasteiger partial charge in [0.25, 0.3) is 5.78 Å². The first-order valence-electron chi connectivity index (χ1n) is 7.99. The molecule has 0 unspecified atom stereocenters. The van der Waals surface area contributed by atoms with Crippen molar-refractivity contribution in [2.24, 2.45) is 0 Å². The standard InChI is InChI=1S/C18H18N4O/c1-3-17-20-18-19-15-8-13(12-6-4-11(2)5-7-12)9-16(23)14(15)10-22(18)21-17/h4-7,10,13H,3,8-9H2,1-2H3/t13-/m0/s1. The molecule has 2 heterocycles. The van der Waals surface area contributed by atoms with Crippen molar-refractivity contribution in [3.05, 3.63) is 58.7 Å². The van der Waals surface area contributed by atoms with E-state index in [2.05, 4.69) is 46.3 Å². The monoisotopic (exact) mass is 306 g/mol. The minimum atomic E-state index is 0.139. The average Bonchev–Trinajstić information content (AvgIpc) is 2.96. The molecule has 116 valence electrons. The van der Waals surface area contributed by atoms with Crippen molar-refractivity contribution < 1.29 is 4.79 Å². The number of rotatable bonds is 2. The largest absolute Gasteiger partial charge is 0.294 e. The number of carbonyl (C=O) groups excluding carboxylic acids is 1. The molecule has 0 fully saturated rings. The predicted molar refractivity (Wildman–Crippen MR) is 86.7 cm³/mol. The van der Waals surface area contributed by atoms with E-state index in [1.54, 1.807) is 10.7 Å². The first kappa shape index (κ1) is 14.1. The third-order valence-electron chi connectivity index (χ3n) is 4.49. The van der Waals surface area contributed by atoms with E-state index in [9.17, 15) is 4.79 Å². The Bertz CT molecular complexity index is 895. The van der Waals surface area contributed by atoms with Crippen LogP contribution in [0.2, 0.25) is 0 Å². The molecule has 2 aromatic heterocycles. The molecule has 5 heteroatoms. The number of ketones is 1. The molecule has 3 aromatic rings. The van der Waals surface area contributed by atoms with E-state index in [1.807, 2.05) is 6.92 Å². The first-order valence-corrected chi connectivity index (χ1v) is 7.99. The average molecular weight is 306 g/mol. The van der Waals surface area contributed by atoms with E-state index in [0.717, 1.165) is 24.4 Å². The number of aromatic nitrogens is 4. The Kier molecular flexibility index (Phi) is 3.22. The lowest BCUT2D eigenvalue weighted by atomic mass is 9.82. The summed E-state index contributed by atoms with van der Waals surface area (Å²) in [7, 11) is 0. The van der Waals surface area contributed by atoms with Gasteiger partial charge in [-0.05, 0) is 24.8 Å². The van der Waals surface area contributed by atoms with Crippen molar-refractivity contribution in [1.82, 2.24) is 19.6 Å². The van der Waals surface area contributed by atoms with Crippen molar-refractivity contribution in [3.63, 3.8) is 0 Å². The third kappa shape index (κ3) is 2.42. The number of hydrogen-bond donors (Lipinski definition) is 0. The van der Waals surface area contributed by atoms with Gasteiger partial charge in [0.2, 0.25) is 0 Å². The highest BCUT2D eigenvalue weighted by Gasteiger charge is 2.28. The molecule has 0 N–H and O–H groups in total. The van der Waals surface area contributed by atoms with Crippen LogP contribution in [0.25, 0.3) is 5.78 Å². The number of nitrogens with zero attached hydrogens (tertiary/aromatic N) is 4. The van der Waals surface area contributed by atoms with E-state index >= 15 is 0 Å². The molecule has 0 saturated heterocycles. The van der Waals surface area contributed by atoms with E-state index in [1.165, 1.54) is 11.1 Å². The Balaban J connectivity index is 1.75. The first-order chi connectivity index (χ1) is 11.1. The molecule has 0 spiro atoms. The summed E-state index contributed by atoms with van der Waals surface area (Å²) < 4.78 is 1.63. The molecule has 0 aliphatic heterocycles. The summed E-state index contributed by atoms with van der Waals surface area (Å²) >= 11 is 0. The molecule has 0 amide bonds. The molecule has 5 nitrogen and oxygen atoms in total. The molecule has 0 bridgehead atoms. The Labute approximate surface area is 134 Å². The highest BCUT2D eigenvalue weighted by molar-refractivity contribution is 5.98. The molecule has 0 saturated carbocycles. The van der Waals surface area contributed by atoms with Gasteiger partial charge < -0.3 is 0 Å². The van der Waals surface area contributed by atoms with Crippen LogP contribution in [-0.4, -0.2) is 25.4 Å². The highest BCUT2D eigenvalue weighted by Crippen LogP contribution is 2.32. The summed E-state index contributed by atoms with van der Waals surface area (Å²) in [6.07, 6.45) is 3.85. The number of aryl methyl sites for hydroxylation is 2. The fraction of sp³-hybridized carbons (Fsp3) is 0.333. The Hall–Kier alpha value is -2.56. The molecule has 0 radical (unpaired) electrons. The fourth-order valence-corrected chi connectivity index (χ4v) is 3.15. The SMILES string of the molecule is CCc1nc2nc3c(cn2n1)C(=O)C[C@@H](c1ccc(C)cc1)C3. The summed E-state index contributed by atoms with van der Waals surface area (Å²) in [5.41, 5.74) is 3.96. The lowest BCUT2D eigenvalue weighted by Gasteiger charge is -2.23.